The molecule has 122 valence electrons. The van der Waals surface area contributed by atoms with E-state index in [-0.39, 0.29) is 5.91 Å². The summed E-state index contributed by atoms with van der Waals surface area (Å²) >= 11 is 1.43. The number of hydrogen-bond donors (Lipinski definition) is 0. The molecular weight excluding hydrogens is 318 g/mol. The van der Waals surface area contributed by atoms with E-state index >= 15 is 0 Å². The van der Waals surface area contributed by atoms with Crippen LogP contribution in [0, 0.1) is 13.8 Å². The molecular formula is C19H19N3OS. The Morgan fingerprint density at radius 3 is 2.58 bits per heavy atom. The van der Waals surface area contributed by atoms with Crippen LogP contribution >= 0.6 is 11.3 Å². The van der Waals surface area contributed by atoms with E-state index < -0.39 is 0 Å². The SMILES string of the molecule is CCN(C(=O)c1sc(-c2ccncc2)nc1C)c1cccc(C)c1. The van der Waals surface area contributed by atoms with Crippen LogP contribution in [0.5, 0.6) is 0 Å². The molecule has 3 rings (SSSR count). The summed E-state index contributed by atoms with van der Waals surface area (Å²) in [6.07, 6.45) is 3.47. The van der Waals surface area contributed by atoms with E-state index in [4.69, 9.17) is 0 Å². The Morgan fingerprint density at radius 1 is 1.17 bits per heavy atom. The van der Waals surface area contributed by atoms with Gasteiger partial charge in [0.1, 0.15) is 9.88 Å². The van der Waals surface area contributed by atoms with Crippen LogP contribution in [0.4, 0.5) is 5.69 Å². The van der Waals surface area contributed by atoms with Gasteiger partial charge in [0.25, 0.3) is 5.91 Å². The zero-order valence-corrected chi connectivity index (χ0v) is 14.8. The molecule has 0 radical (unpaired) electrons. The number of thiazole rings is 1. The van der Waals surface area contributed by atoms with Crippen molar-refractivity contribution in [2.24, 2.45) is 0 Å². The van der Waals surface area contributed by atoms with Crippen molar-refractivity contribution in [3.05, 3.63) is 64.9 Å². The molecule has 0 aliphatic rings. The van der Waals surface area contributed by atoms with Gasteiger partial charge in [-0.15, -0.1) is 11.3 Å². The van der Waals surface area contributed by atoms with E-state index in [0.29, 0.717) is 11.4 Å². The molecule has 1 amide bonds. The highest BCUT2D eigenvalue weighted by atomic mass is 32.1. The summed E-state index contributed by atoms with van der Waals surface area (Å²) in [5.41, 5.74) is 3.80. The monoisotopic (exact) mass is 337 g/mol. The van der Waals surface area contributed by atoms with E-state index in [2.05, 4.69) is 9.97 Å². The lowest BCUT2D eigenvalue weighted by Gasteiger charge is -2.21. The third-order valence-corrected chi connectivity index (χ3v) is 4.99. The maximum Gasteiger partial charge on any atom is 0.270 e. The Kier molecular flexibility index (Phi) is 4.71. The number of rotatable bonds is 4. The van der Waals surface area contributed by atoms with Gasteiger partial charge >= 0.3 is 0 Å². The quantitative estimate of drug-likeness (QED) is 0.705. The minimum atomic E-state index is -0.00148. The van der Waals surface area contributed by atoms with Crippen LogP contribution in [0.15, 0.2) is 48.8 Å². The summed E-state index contributed by atoms with van der Waals surface area (Å²) in [5, 5.41) is 0.846. The summed E-state index contributed by atoms with van der Waals surface area (Å²) in [6, 6.07) is 11.8. The number of amides is 1. The average molecular weight is 337 g/mol. The Bertz CT molecular complexity index is 858. The molecule has 0 saturated carbocycles. The van der Waals surface area contributed by atoms with Crippen molar-refractivity contribution >= 4 is 22.9 Å². The second-order valence-corrected chi connectivity index (χ2v) is 6.56. The summed E-state index contributed by atoms with van der Waals surface area (Å²) < 4.78 is 0. The third-order valence-electron chi connectivity index (χ3n) is 3.79. The topological polar surface area (TPSA) is 46.1 Å². The zero-order valence-electron chi connectivity index (χ0n) is 14.0. The Labute approximate surface area is 145 Å². The van der Waals surface area contributed by atoms with Crippen molar-refractivity contribution in [1.29, 1.82) is 0 Å². The fraction of sp³-hybridized carbons (Fsp3) is 0.211. The molecule has 4 nitrogen and oxygen atoms in total. The molecule has 1 aromatic carbocycles. The summed E-state index contributed by atoms with van der Waals surface area (Å²) in [5.74, 6) is -0.00148. The lowest BCUT2D eigenvalue weighted by molar-refractivity contribution is 0.0991. The van der Waals surface area contributed by atoms with E-state index in [1.54, 1.807) is 17.3 Å². The molecule has 0 spiro atoms. The number of benzene rings is 1. The van der Waals surface area contributed by atoms with Crippen LogP contribution < -0.4 is 4.90 Å². The van der Waals surface area contributed by atoms with Crippen LogP contribution in [0.3, 0.4) is 0 Å². The third kappa shape index (κ3) is 3.21. The molecule has 0 atom stereocenters. The highest BCUT2D eigenvalue weighted by molar-refractivity contribution is 7.17. The number of aryl methyl sites for hydroxylation is 2. The van der Waals surface area contributed by atoms with Gasteiger partial charge in [-0.25, -0.2) is 4.98 Å². The molecule has 0 saturated heterocycles. The van der Waals surface area contributed by atoms with Gasteiger partial charge in [-0.2, -0.15) is 0 Å². The summed E-state index contributed by atoms with van der Waals surface area (Å²) in [7, 11) is 0. The highest BCUT2D eigenvalue weighted by Gasteiger charge is 2.22. The number of aromatic nitrogens is 2. The summed E-state index contributed by atoms with van der Waals surface area (Å²) in [6.45, 7) is 6.52. The molecule has 0 aliphatic carbocycles. The van der Waals surface area contributed by atoms with Gasteiger partial charge in [0, 0.05) is 30.2 Å². The molecule has 5 heteroatoms. The lowest BCUT2D eigenvalue weighted by atomic mass is 10.2. The van der Waals surface area contributed by atoms with Gasteiger partial charge < -0.3 is 4.90 Å². The van der Waals surface area contributed by atoms with E-state index in [1.165, 1.54) is 11.3 Å². The van der Waals surface area contributed by atoms with Gasteiger partial charge in [0.2, 0.25) is 0 Å². The standard InChI is InChI=1S/C19H19N3OS/c1-4-22(16-7-5-6-13(2)12-16)19(23)17-14(3)21-18(24-17)15-8-10-20-11-9-15/h5-12H,4H2,1-3H3. The lowest BCUT2D eigenvalue weighted by Crippen LogP contribution is -2.30. The van der Waals surface area contributed by atoms with Gasteiger partial charge in [-0.05, 0) is 50.6 Å². The average Bonchev–Trinajstić information content (AvgIpc) is 2.98. The van der Waals surface area contributed by atoms with Crippen molar-refractivity contribution in [1.82, 2.24) is 9.97 Å². The Hall–Kier alpha value is -2.53. The minimum Gasteiger partial charge on any atom is -0.308 e. The predicted molar refractivity (Wildman–Crippen MR) is 98.6 cm³/mol. The van der Waals surface area contributed by atoms with Gasteiger partial charge in [-0.3, -0.25) is 9.78 Å². The number of pyridine rings is 1. The predicted octanol–water partition coefficient (Wildman–Crippen LogP) is 4.49. The first kappa shape index (κ1) is 16.3. The van der Waals surface area contributed by atoms with Crippen LogP contribution in [0.25, 0.3) is 10.6 Å². The Morgan fingerprint density at radius 2 is 1.92 bits per heavy atom. The number of anilines is 1. The number of nitrogens with zero attached hydrogens (tertiary/aromatic N) is 3. The second-order valence-electron chi connectivity index (χ2n) is 5.56. The van der Waals surface area contributed by atoms with E-state index in [0.717, 1.165) is 27.5 Å². The molecule has 0 aliphatic heterocycles. The maximum atomic E-state index is 13.0. The number of carbonyl (C=O) groups is 1. The van der Waals surface area contributed by atoms with Gasteiger partial charge in [-0.1, -0.05) is 12.1 Å². The van der Waals surface area contributed by atoms with E-state index in [1.807, 2.05) is 57.2 Å². The van der Waals surface area contributed by atoms with Crippen LogP contribution in [0.1, 0.15) is 27.9 Å². The molecule has 0 unspecified atom stereocenters. The highest BCUT2D eigenvalue weighted by Crippen LogP contribution is 2.29. The van der Waals surface area contributed by atoms with Gasteiger partial charge in [0.05, 0.1) is 5.69 Å². The van der Waals surface area contributed by atoms with Crippen molar-refractivity contribution in [3.63, 3.8) is 0 Å². The first-order valence-electron chi connectivity index (χ1n) is 7.86. The zero-order chi connectivity index (χ0) is 17.1. The normalized spacial score (nSPS) is 10.6. The molecule has 0 fully saturated rings. The van der Waals surface area contributed by atoms with Crippen molar-refractivity contribution in [3.8, 4) is 10.6 Å². The largest absolute Gasteiger partial charge is 0.308 e. The van der Waals surface area contributed by atoms with Crippen molar-refractivity contribution in [2.45, 2.75) is 20.8 Å². The Balaban J connectivity index is 1.96. The fourth-order valence-corrected chi connectivity index (χ4v) is 3.60. The maximum absolute atomic E-state index is 13.0. The van der Waals surface area contributed by atoms with Crippen molar-refractivity contribution < 1.29 is 4.79 Å². The van der Waals surface area contributed by atoms with Crippen LogP contribution in [-0.2, 0) is 0 Å². The number of hydrogen-bond acceptors (Lipinski definition) is 4. The minimum absolute atomic E-state index is 0.00148. The van der Waals surface area contributed by atoms with Crippen LogP contribution in [-0.4, -0.2) is 22.4 Å². The summed E-state index contributed by atoms with van der Waals surface area (Å²) in [4.78, 5) is 24.1. The second kappa shape index (κ2) is 6.93. The number of carbonyl (C=O) groups excluding carboxylic acids is 1. The molecule has 0 bridgehead atoms. The molecule has 0 N–H and O–H groups in total. The molecule has 24 heavy (non-hydrogen) atoms. The fourth-order valence-electron chi connectivity index (χ4n) is 2.57. The van der Waals surface area contributed by atoms with Crippen molar-refractivity contribution in [2.75, 3.05) is 11.4 Å². The van der Waals surface area contributed by atoms with Crippen LogP contribution in [0.2, 0.25) is 0 Å². The molecule has 3 aromatic rings. The molecule has 2 heterocycles. The smallest absolute Gasteiger partial charge is 0.270 e. The molecule has 2 aromatic heterocycles. The first-order valence-corrected chi connectivity index (χ1v) is 8.68. The van der Waals surface area contributed by atoms with Gasteiger partial charge in [0.15, 0.2) is 0 Å². The first-order chi connectivity index (χ1) is 11.6. The van der Waals surface area contributed by atoms with E-state index in [9.17, 15) is 4.79 Å².